The van der Waals surface area contributed by atoms with Gasteiger partial charge in [-0.15, -0.1) is 0 Å². The Kier molecular flexibility index (Phi) is 7.07. The highest BCUT2D eigenvalue weighted by molar-refractivity contribution is 7.80. The van der Waals surface area contributed by atoms with Crippen LogP contribution in [0.25, 0.3) is 0 Å². The quantitative estimate of drug-likeness (QED) is 0.712. The van der Waals surface area contributed by atoms with E-state index in [1.54, 1.807) is 0 Å². The number of aryl methyl sites for hydroxylation is 1. The second-order valence-electron chi connectivity index (χ2n) is 6.27. The Bertz CT molecular complexity index is 704. The van der Waals surface area contributed by atoms with E-state index in [2.05, 4.69) is 10.6 Å². The van der Waals surface area contributed by atoms with Crippen molar-refractivity contribution in [3.8, 4) is 11.5 Å². The zero-order valence-electron chi connectivity index (χ0n) is 15.2. The number of thiocarbonyl (C=S) groups is 1. The maximum Gasteiger partial charge on any atom is 0.171 e. The van der Waals surface area contributed by atoms with Crippen LogP contribution in [0.2, 0.25) is 0 Å². The van der Waals surface area contributed by atoms with Crippen molar-refractivity contribution in [3.63, 3.8) is 0 Å². The second kappa shape index (κ2) is 9.28. The summed E-state index contributed by atoms with van der Waals surface area (Å²) in [5.41, 5.74) is 2.01. The van der Waals surface area contributed by atoms with Crippen molar-refractivity contribution in [1.82, 2.24) is 5.32 Å². The molecule has 1 atom stereocenters. The van der Waals surface area contributed by atoms with Crippen molar-refractivity contribution in [2.45, 2.75) is 39.8 Å². The highest BCUT2D eigenvalue weighted by Gasteiger charge is 2.07. The van der Waals surface area contributed by atoms with E-state index >= 15 is 0 Å². The van der Waals surface area contributed by atoms with Gasteiger partial charge in [0.2, 0.25) is 0 Å². The fourth-order valence-electron chi connectivity index (χ4n) is 2.29. The van der Waals surface area contributed by atoms with E-state index in [0.29, 0.717) is 11.7 Å². The van der Waals surface area contributed by atoms with Crippen molar-refractivity contribution in [3.05, 3.63) is 54.1 Å². The predicted molar refractivity (Wildman–Crippen MR) is 108 cm³/mol. The van der Waals surface area contributed by atoms with Crippen LogP contribution in [0.4, 0.5) is 5.69 Å². The molecule has 2 aromatic carbocycles. The van der Waals surface area contributed by atoms with Crippen LogP contribution in [0.5, 0.6) is 11.5 Å². The van der Waals surface area contributed by atoms with Crippen molar-refractivity contribution >= 4 is 23.0 Å². The first-order valence-corrected chi connectivity index (χ1v) is 8.87. The molecular formula is C20H26N2O2S. The van der Waals surface area contributed by atoms with Crippen LogP contribution in [0.15, 0.2) is 48.5 Å². The molecule has 1 unspecified atom stereocenters. The molecular weight excluding hydrogens is 332 g/mol. The van der Waals surface area contributed by atoms with E-state index < -0.39 is 0 Å². The van der Waals surface area contributed by atoms with Gasteiger partial charge in [-0.05, 0) is 63.7 Å². The first kappa shape index (κ1) is 19.1. The number of para-hydroxylation sites is 1. The lowest BCUT2D eigenvalue weighted by Gasteiger charge is -2.19. The van der Waals surface area contributed by atoms with Gasteiger partial charge in [0.05, 0.1) is 12.1 Å². The van der Waals surface area contributed by atoms with Gasteiger partial charge in [0, 0.05) is 11.8 Å². The van der Waals surface area contributed by atoms with Gasteiger partial charge in [0.1, 0.15) is 18.1 Å². The number of nitrogens with one attached hydrogen (secondary N) is 2. The summed E-state index contributed by atoms with van der Waals surface area (Å²) in [6.07, 6.45) is 0.138. The largest absolute Gasteiger partial charge is 0.491 e. The molecule has 4 nitrogen and oxygen atoms in total. The lowest BCUT2D eigenvalue weighted by molar-refractivity contribution is 0.242. The third-order valence-electron chi connectivity index (χ3n) is 3.42. The maximum atomic E-state index is 5.84. The molecule has 0 saturated carbocycles. The van der Waals surface area contributed by atoms with Crippen LogP contribution in [0.3, 0.4) is 0 Å². The minimum atomic E-state index is 0.0784. The summed E-state index contributed by atoms with van der Waals surface area (Å²) in [6.45, 7) is 8.60. The molecule has 0 aromatic heterocycles. The highest BCUT2D eigenvalue weighted by Crippen LogP contribution is 2.19. The second-order valence-corrected chi connectivity index (χ2v) is 6.68. The van der Waals surface area contributed by atoms with Gasteiger partial charge >= 0.3 is 0 Å². The van der Waals surface area contributed by atoms with Crippen molar-refractivity contribution in [2.75, 3.05) is 11.9 Å². The van der Waals surface area contributed by atoms with E-state index in [-0.39, 0.29) is 12.1 Å². The normalized spacial score (nSPS) is 11.7. The number of rotatable bonds is 7. The Morgan fingerprint density at radius 1 is 1.08 bits per heavy atom. The summed E-state index contributed by atoms with van der Waals surface area (Å²) in [6, 6.07) is 15.8. The molecule has 0 saturated heterocycles. The van der Waals surface area contributed by atoms with Crippen LogP contribution in [0.1, 0.15) is 26.3 Å². The molecule has 2 rings (SSSR count). The summed E-state index contributed by atoms with van der Waals surface area (Å²) in [4.78, 5) is 0. The highest BCUT2D eigenvalue weighted by atomic mass is 32.1. The molecule has 5 heteroatoms. The summed E-state index contributed by atoms with van der Waals surface area (Å²) < 4.78 is 11.5. The standard InChI is InChI=1S/C20H26N2O2S/c1-14(2)24-18-10-7-9-17(12-18)22-20(25)21-16(4)13-23-19-11-6-5-8-15(19)3/h5-12,14,16H,13H2,1-4H3,(H2,21,22,25). The summed E-state index contributed by atoms with van der Waals surface area (Å²) >= 11 is 5.38. The van der Waals surface area contributed by atoms with E-state index in [9.17, 15) is 0 Å². The number of benzene rings is 2. The lowest BCUT2D eigenvalue weighted by Crippen LogP contribution is -2.39. The Labute approximate surface area is 155 Å². The number of hydrogen-bond acceptors (Lipinski definition) is 3. The van der Waals surface area contributed by atoms with Gasteiger partial charge in [-0.3, -0.25) is 0 Å². The van der Waals surface area contributed by atoms with Crippen LogP contribution < -0.4 is 20.1 Å². The van der Waals surface area contributed by atoms with Crippen LogP contribution in [0, 0.1) is 6.92 Å². The first-order valence-electron chi connectivity index (χ1n) is 8.46. The van der Waals surface area contributed by atoms with Gasteiger partial charge in [-0.25, -0.2) is 0 Å². The Morgan fingerprint density at radius 3 is 2.56 bits per heavy atom. The van der Waals surface area contributed by atoms with Crippen molar-refractivity contribution in [2.24, 2.45) is 0 Å². The summed E-state index contributed by atoms with van der Waals surface area (Å²) in [5.74, 6) is 1.72. The molecule has 0 amide bonds. The van der Waals surface area contributed by atoms with Gasteiger partial charge in [0.25, 0.3) is 0 Å². The number of hydrogen-bond donors (Lipinski definition) is 2. The monoisotopic (exact) mass is 358 g/mol. The van der Waals surface area contributed by atoms with E-state index in [1.807, 2.05) is 76.2 Å². The average molecular weight is 359 g/mol. The van der Waals surface area contributed by atoms with Crippen LogP contribution in [-0.2, 0) is 0 Å². The molecule has 2 N–H and O–H groups in total. The van der Waals surface area contributed by atoms with Gasteiger partial charge in [-0.1, -0.05) is 24.3 Å². The van der Waals surface area contributed by atoms with Crippen molar-refractivity contribution < 1.29 is 9.47 Å². The molecule has 0 spiro atoms. The van der Waals surface area contributed by atoms with Gasteiger partial charge in [-0.2, -0.15) is 0 Å². The zero-order valence-corrected chi connectivity index (χ0v) is 16.0. The Balaban J connectivity index is 1.82. The molecule has 2 aromatic rings. The molecule has 0 aliphatic rings. The Hall–Kier alpha value is -2.27. The SMILES string of the molecule is Cc1ccccc1OCC(C)NC(=S)Nc1cccc(OC(C)C)c1. The molecule has 134 valence electrons. The first-order chi connectivity index (χ1) is 11.9. The van der Waals surface area contributed by atoms with Gasteiger partial charge < -0.3 is 20.1 Å². The molecule has 0 aliphatic carbocycles. The predicted octanol–water partition coefficient (Wildman–Crippen LogP) is 4.54. The lowest BCUT2D eigenvalue weighted by atomic mass is 10.2. The molecule has 25 heavy (non-hydrogen) atoms. The van der Waals surface area contributed by atoms with E-state index in [1.165, 1.54) is 0 Å². The molecule has 0 radical (unpaired) electrons. The molecule has 0 fully saturated rings. The fourth-order valence-corrected chi connectivity index (χ4v) is 2.60. The maximum absolute atomic E-state index is 5.84. The number of ether oxygens (including phenoxy) is 2. The molecule has 0 bridgehead atoms. The topological polar surface area (TPSA) is 42.5 Å². The molecule has 0 heterocycles. The summed E-state index contributed by atoms with van der Waals surface area (Å²) in [7, 11) is 0. The van der Waals surface area contributed by atoms with Crippen molar-refractivity contribution in [1.29, 1.82) is 0 Å². The zero-order chi connectivity index (χ0) is 18.2. The summed E-state index contributed by atoms with van der Waals surface area (Å²) in [5, 5.41) is 6.97. The Morgan fingerprint density at radius 2 is 1.84 bits per heavy atom. The molecule has 0 aliphatic heterocycles. The van der Waals surface area contributed by atoms with Crippen LogP contribution >= 0.6 is 12.2 Å². The van der Waals surface area contributed by atoms with E-state index in [0.717, 1.165) is 22.7 Å². The minimum absolute atomic E-state index is 0.0784. The number of anilines is 1. The smallest absolute Gasteiger partial charge is 0.171 e. The third kappa shape index (κ3) is 6.63. The third-order valence-corrected chi connectivity index (χ3v) is 3.64. The fraction of sp³-hybridized carbons (Fsp3) is 0.350. The average Bonchev–Trinajstić information content (AvgIpc) is 2.53. The van der Waals surface area contributed by atoms with E-state index in [4.69, 9.17) is 21.7 Å². The van der Waals surface area contributed by atoms with Gasteiger partial charge in [0.15, 0.2) is 5.11 Å². The van der Waals surface area contributed by atoms with Crippen LogP contribution in [-0.4, -0.2) is 23.9 Å². The minimum Gasteiger partial charge on any atom is -0.491 e.